The van der Waals surface area contributed by atoms with Gasteiger partial charge in [-0.3, -0.25) is 38.6 Å². The Morgan fingerprint density at radius 2 is 0.615 bits per heavy atom. The van der Waals surface area contributed by atoms with E-state index in [0.717, 1.165) is 34.1 Å². The fourth-order valence-corrected chi connectivity index (χ4v) is 13.1. The molecule has 0 radical (unpaired) electrons. The van der Waals surface area contributed by atoms with Crippen molar-refractivity contribution < 1.29 is 93.0 Å². The van der Waals surface area contributed by atoms with Crippen LogP contribution in [0.3, 0.4) is 0 Å². The first-order chi connectivity index (χ1) is 45.9. The van der Waals surface area contributed by atoms with E-state index >= 15 is 55.1 Å². The predicted molar refractivity (Wildman–Crippen MR) is 336 cm³/mol. The highest BCUT2D eigenvalue weighted by molar-refractivity contribution is 6.45. The van der Waals surface area contributed by atoms with E-state index in [0.29, 0.717) is 0 Å². The summed E-state index contributed by atoms with van der Waals surface area (Å²) in [5.41, 5.74) is -1.89. The molecule has 0 bridgehead atoms. The van der Waals surface area contributed by atoms with Gasteiger partial charge in [-0.2, -0.15) is 26.3 Å². The van der Waals surface area contributed by atoms with Gasteiger partial charge in [0.25, 0.3) is 23.6 Å². The summed E-state index contributed by atoms with van der Waals surface area (Å²) in [5, 5.41) is -0.0712. The van der Waals surface area contributed by atoms with E-state index < -0.39 is 119 Å². The molecule has 6 amide bonds. The minimum Gasteiger partial charge on any atom is -0.457 e. The zero-order chi connectivity index (χ0) is 67.0. The van der Waals surface area contributed by atoms with E-state index in [1.807, 2.05) is 0 Å². The lowest BCUT2D eigenvalue weighted by molar-refractivity contribution is -0.159. The second kappa shape index (κ2) is 24.1. The molecule has 6 aliphatic rings. The largest absolute Gasteiger partial charge is 0.457 e. The molecule has 9 aromatic rings. The Balaban J connectivity index is 1.07. The van der Waals surface area contributed by atoms with Crippen LogP contribution in [0.4, 0.5) is 26.3 Å². The Kier molecular flexibility index (Phi) is 15.9. The van der Waals surface area contributed by atoms with Crippen LogP contribution in [-0.4, -0.2) is 157 Å². The van der Waals surface area contributed by atoms with Crippen molar-refractivity contribution in [3.8, 4) is 46.0 Å². The Morgan fingerprint density at radius 3 is 0.812 bits per heavy atom. The number of hydrogen-bond acceptors (Lipinski definition) is 14. The standard InChI is InChI=1S/C68H46Cl4F6N4O14/c69-31-1-9-35(10-2-31)93-49-17-43-53-44(62(84)81(61(43)83)47(21-67(73,74)75)65(87)79(23-39-27-89-39)24-40-28-90-40)19-51(95-37-13-5-33(71)6-14-37)57-58-52(96-38-15-7-34(72)8-16-38)20-46-54-45(18-50(56(60(54)58)55(49)59(53)57)94-36-11-3-32(70)4-12-36)63(85)82(64(46)86)48(22-68(76,77)78)66(88)80(25-41-29-91-41)26-42-30-92-42/h1-20,39-42,47-48H,21-30H2. The van der Waals surface area contributed by atoms with E-state index in [2.05, 4.69) is 0 Å². The zero-order valence-corrected chi connectivity index (χ0v) is 52.4. The molecule has 0 spiro atoms. The highest BCUT2D eigenvalue weighted by Crippen LogP contribution is 2.58. The quantitative estimate of drug-likeness (QED) is 0.0204. The smallest absolute Gasteiger partial charge is 0.391 e. The summed E-state index contributed by atoms with van der Waals surface area (Å²) in [5.74, 6) is -9.11. The second-order valence-corrected chi connectivity index (χ2v) is 25.6. The summed E-state index contributed by atoms with van der Waals surface area (Å²) in [6, 6.07) is 22.9. The molecule has 4 saturated heterocycles. The van der Waals surface area contributed by atoms with Gasteiger partial charge in [-0.25, -0.2) is 0 Å². The van der Waals surface area contributed by atoms with Gasteiger partial charge in [0, 0.05) is 89.4 Å². The number of alkyl halides is 6. The van der Waals surface area contributed by atoms with Gasteiger partial charge in [0.2, 0.25) is 11.8 Å². The number of ether oxygens (including phenoxy) is 8. The van der Waals surface area contributed by atoms with E-state index in [-0.39, 0.29) is 172 Å². The van der Waals surface area contributed by atoms with Crippen LogP contribution in [-0.2, 0) is 28.5 Å². The van der Waals surface area contributed by atoms with Crippen LogP contribution < -0.4 is 18.9 Å². The molecule has 0 aliphatic carbocycles. The molecule has 6 unspecified atom stereocenters. The highest BCUT2D eigenvalue weighted by atomic mass is 35.5. The number of imide groups is 2. The monoisotopic (exact) mass is 1400 g/mol. The van der Waals surface area contributed by atoms with E-state index in [1.54, 1.807) is 0 Å². The fraction of sp³-hybridized carbons (Fsp3) is 0.265. The maximum absolute atomic E-state index is 16.0. The van der Waals surface area contributed by atoms with E-state index in [9.17, 15) is 0 Å². The van der Waals surface area contributed by atoms with Crippen LogP contribution in [0.1, 0.15) is 54.3 Å². The van der Waals surface area contributed by atoms with Gasteiger partial charge in [-0.05, 0) is 121 Å². The fourth-order valence-electron chi connectivity index (χ4n) is 12.6. The average Bonchev–Trinajstić information content (AvgIpc) is 1.14. The molecule has 96 heavy (non-hydrogen) atoms. The molecular formula is C68H46Cl4F6N4O14. The maximum Gasteiger partial charge on any atom is 0.391 e. The summed E-state index contributed by atoms with van der Waals surface area (Å²) >= 11 is 25.7. The summed E-state index contributed by atoms with van der Waals surface area (Å²) in [7, 11) is 0. The number of hydrogen-bond donors (Lipinski definition) is 0. The van der Waals surface area contributed by atoms with Gasteiger partial charge in [-0.15, -0.1) is 0 Å². The number of carbonyl (C=O) groups is 6. The minimum atomic E-state index is -5.18. The number of halogens is 10. The number of rotatable bonds is 22. The van der Waals surface area contributed by atoms with Crippen molar-refractivity contribution in [3.63, 3.8) is 0 Å². The summed E-state index contributed by atoms with van der Waals surface area (Å²) in [4.78, 5) is 96.5. The van der Waals surface area contributed by atoms with Gasteiger partial charge in [0.15, 0.2) is 0 Å². The van der Waals surface area contributed by atoms with Crippen LogP contribution in [0.25, 0.3) is 43.1 Å². The maximum atomic E-state index is 16.0. The minimum absolute atomic E-state index is 0.0245. The summed E-state index contributed by atoms with van der Waals surface area (Å²) in [6.45, 7) is -0.0195. The molecule has 0 saturated carbocycles. The number of epoxide rings is 4. The van der Waals surface area contributed by atoms with Crippen molar-refractivity contribution in [3.05, 3.63) is 164 Å². The Hall–Kier alpha value is -8.72. The van der Waals surface area contributed by atoms with E-state index in [1.165, 1.54) is 97.1 Å². The molecule has 15 rings (SSSR count). The molecule has 6 heterocycles. The molecule has 0 aromatic heterocycles. The van der Waals surface area contributed by atoms with Crippen LogP contribution >= 0.6 is 46.4 Å². The van der Waals surface area contributed by atoms with Crippen molar-refractivity contribution >= 4 is 125 Å². The lowest BCUT2D eigenvalue weighted by Crippen LogP contribution is -2.57. The number of carbonyl (C=O) groups excluding carboxylic acids is 6. The first-order valence-corrected chi connectivity index (χ1v) is 31.4. The van der Waals surface area contributed by atoms with Crippen molar-refractivity contribution in [1.29, 1.82) is 0 Å². The molecule has 0 N–H and O–H groups in total. The third kappa shape index (κ3) is 12.4. The van der Waals surface area contributed by atoms with Crippen LogP contribution in [0.15, 0.2) is 121 Å². The third-order valence-electron chi connectivity index (χ3n) is 17.1. The highest BCUT2D eigenvalue weighted by Gasteiger charge is 2.52. The average molecular weight is 1400 g/mol. The number of nitrogens with zero attached hydrogens (tertiary/aromatic N) is 4. The molecular weight excluding hydrogens is 1350 g/mol. The third-order valence-corrected chi connectivity index (χ3v) is 18.1. The normalized spacial score (nSPS) is 19.3. The number of benzene rings is 9. The molecule has 4 fully saturated rings. The van der Waals surface area contributed by atoms with Crippen molar-refractivity contribution in [2.75, 3.05) is 52.6 Å². The van der Waals surface area contributed by atoms with Gasteiger partial charge in [0.1, 0.15) is 58.1 Å². The Labute approximate surface area is 558 Å². The summed E-state index contributed by atoms with van der Waals surface area (Å²) < 4.78 is 140. The lowest BCUT2D eigenvalue weighted by Gasteiger charge is -2.37. The topological polar surface area (TPSA) is 202 Å². The van der Waals surface area contributed by atoms with Gasteiger partial charge < -0.3 is 47.7 Å². The van der Waals surface area contributed by atoms with Crippen LogP contribution in [0, 0.1) is 0 Å². The Morgan fingerprint density at radius 1 is 0.396 bits per heavy atom. The molecule has 28 heteroatoms. The Bertz CT molecular complexity index is 4180. The van der Waals surface area contributed by atoms with Gasteiger partial charge >= 0.3 is 12.4 Å². The van der Waals surface area contributed by atoms with Crippen molar-refractivity contribution in [2.45, 2.75) is 61.7 Å². The second-order valence-electron chi connectivity index (χ2n) is 23.9. The van der Waals surface area contributed by atoms with Crippen molar-refractivity contribution in [2.24, 2.45) is 0 Å². The van der Waals surface area contributed by atoms with Gasteiger partial charge in [0.05, 0.1) is 85.9 Å². The van der Waals surface area contributed by atoms with Crippen LogP contribution in [0.5, 0.6) is 46.0 Å². The lowest BCUT2D eigenvalue weighted by atomic mass is 9.80. The first-order valence-electron chi connectivity index (χ1n) is 29.9. The van der Waals surface area contributed by atoms with Gasteiger partial charge in [-0.1, -0.05) is 46.4 Å². The first kappa shape index (κ1) is 63.3. The zero-order valence-electron chi connectivity index (χ0n) is 49.4. The number of fused-ring (bicyclic) bond motifs is 2. The molecule has 492 valence electrons. The van der Waals surface area contributed by atoms with E-state index in [4.69, 9.17) is 84.3 Å². The molecule has 6 aliphatic heterocycles. The SMILES string of the molecule is O=C(C(CC(F)(F)F)N1C(=O)c2cc(Oc3ccc(Cl)cc3)c3c4c(Oc5ccc(Cl)cc5)cc5c6c(cc(Oc7ccc(Cl)cc7)c(c7c(Oc8ccc(Cl)cc8)cc(c2c37)C1=O)c64)C(=O)N(C(CC(F)(F)F)C(=O)N(CC1CO1)CC1CO1)C5=O)N(CC1CO1)CC1CO1. The number of amides is 6. The van der Waals surface area contributed by atoms with Crippen molar-refractivity contribution in [1.82, 2.24) is 19.6 Å². The molecule has 18 nitrogen and oxygen atoms in total. The summed E-state index contributed by atoms with van der Waals surface area (Å²) in [6.07, 6.45) is -16.6. The molecule has 6 atom stereocenters. The molecule has 9 aromatic carbocycles. The van der Waals surface area contributed by atoms with Crippen LogP contribution in [0.2, 0.25) is 20.1 Å². The predicted octanol–water partition coefficient (Wildman–Crippen LogP) is 14.6.